The SMILES string of the molecule is CCCC1C=CC(C(F)(F)F)CC1. The Morgan fingerprint density at radius 1 is 1.23 bits per heavy atom. The normalized spacial score (nSPS) is 29.2. The van der Waals surface area contributed by atoms with E-state index < -0.39 is 12.1 Å². The highest BCUT2D eigenvalue weighted by Crippen LogP contribution is 2.36. The van der Waals surface area contributed by atoms with E-state index in [-0.39, 0.29) is 6.42 Å². The average Bonchev–Trinajstić information content (AvgIpc) is 2.04. The molecule has 0 aliphatic heterocycles. The van der Waals surface area contributed by atoms with Crippen LogP contribution in [0.15, 0.2) is 12.2 Å². The summed E-state index contributed by atoms with van der Waals surface area (Å²) in [5, 5.41) is 0. The van der Waals surface area contributed by atoms with E-state index in [1.807, 2.05) is 0 Å². The molecule has 0 fully saturated rings. The summed E-state index contributed by atoms with van der Waals surface area (Å²) in [5.41, 5.74) is 0. The van der Waals surface area contributed by atoms with Crippen molar-refractivity contribution in [3.63, 3.8) is 0 Å². The molecule has 0 bridgehead atoms. The van der Waals surface area contributed by atoms with E-state index in [1.54, 1.807) is 6.08 Å². The van der Waals surface area contributed by atoms with Gasteiger partial charge in [0.25, 0.3) is 0 Å². The third kappa shape index (κ3) is 3.05. The Bertz CT molecular complexity index is 181. The fraction of sp³-hybridized carbons (Fsp3) is 0.800. The van der Waals surface area contributed by atoms with Gasteiger partial charge in [-0.15, -0.1) is 0 Å². The molecule has 1 aliphatic rings. The maximum Gasteiger partial charge on any atom is 0.395 e. The van der Waals surface area contributed by atoms with Gasteiger partial charge in [0.2, 0.25) is 0 Å². The second-order valence-electron chi connectivity index (χ2n) is 3.66. The minimum Gasteiger partial charge on any atom is -0.170 e. The summed E-state index contributed by atoms with van der Waals surface area (Å²) in [4.78, 5) is 0. The van der Waals surface area contributed by atoms with Gasteiger partial charge in [-0.1, -0.05) is 25.5 Å². The van der Waals surface area contributed by atoms with Crippen molar-refractivity contribution in [3.05, 3.63) is 12.2 Å². The van der Waals surface area contributed by atoms with E-state index >= 15 is 0 Å². The van der Waals surface area contributed by atoms with Crippen LogP contribution in [0, 0.1) is 11.8 Å². The van der Waals surface area contributed by atoms with Crippen molar-refractivity contribution < 1.29 is 13.2 Å². The Kier molecular flexibility index (Phi) is 3.40. The number of allylic oxidation sites excluding steroid dienone is 2. The Morgan fingerprint density at radius 3 is 2.31 bits per heavy atom. The highest BCUT2D eigenvalue weighted by molar-refractivity contribution is 5.00. The van der Waals surface area contributed by atoms with Crippen molar-refractivity contribution in [2.24, 2.45) is 11.8 Å². The number of halogens is 3. The predicted molar refractivity (Wildman–Crippen MR) is 46.3 cm³/mol. The molecule has 0 heterocycles. The predicted octanol–water partition coefficient (Wildman–Crippen LogP) is 3.93. The number of hydrogen-bond acceptors (Lipinski definition) is 0. The quantitative estimate of drug-likeness (QED) is 0.581. The van der Waals surface area contributed by atoms with Crippen LogP contribution in [0.5, 0.6) is 0 Å². The van der Waals surface area contributed by atoms with E-state index in [0.717, 1.165) is 12.8 Å². The van der Waals surface area contributed by atoms with Gasteiger partial charge in [0.15, 0.2) is 0 Å². The van der Waals surface area contributed by atoms with Crippen LogP contribution in [0.25, 0.3) is 0 Å². The van der Waals surface area contributed by atoms with Crippen molar-refractivity contribution >= 4 is 0 Å². The van der Waals surface area contributed by atoms with Gasteiger partial charge in [0.1, 0.15) is 0 Å². The van der Waals surface area contributed by atoms with Crippen LogP contribution < -0.4 is 0 Å². The first-order chi connectivity index (χ1) is 6.04. The molecule has 0 nitrogen and oxygen atoms in total. The lowest BCUT2D eigenvalue weighted by molar-refractivity contribution is -0.164. The number of alkyl halides is 3. The van der Waals surface area contributed by atoms with Gasteiger partial charge >= 0.3 is 6.18 Å². The Labute approximate surface area is 76.8 Å². The zero-order valence-electron chi connectivity index (χ0n) is 7.77. The van der Waals surface area contributed by atoms with E-state index in [1.165, 1.54) is 6.08 Å². The molecule has 3 heteroatoms. The van der Waals surface area contributed by atoms with Gasteiger partial charge in [0, 0.05) is 0 Å². The summed E-state index contributed by atoms with van der Waals surface area (Å²) in [6.07, 6.45) is 2.06. The zero-order chi connectivity index (χ0) is 9.90. The third-order valence-corrected chi connectivity index (χ3v) is 2.54. The first-order valence-corrected chi connectivity index (χ1v) is 4.79. The fourth-order valence-electron chi connectivity index (χ4n) is 1.76. The molecule has 0 aromatic heterocycles. The topological polar surface area (TPSA) is 0 Å². The van der Waals surface area contributed by atoms with Gasteiger partial charge in [-0.3, -0.25) is 0 Å². The average molecular weight is 192 g/mol. The molecule has 76 valence electrons. The minimum absolute atomic E-state index is 0.269. The number of hydrogen-bond donors (Lipinski definition) is 0. The van der Waals surface area contributed by atoms with Gasteiger partial charge < -0.3 is 0 Å². The Morgan fingerprint density at radius 2 is 1.92 bits per heavy atom. The van der Waals surface area contributed by atoms with Crippen molar-refractivity contribution in [2.75, 3.05) is 0 Å². The molecule has 13 heavy (non-hydrogen) atoms. The van der Waals surface area contributed by atoms with Crippen LogP contribution >= 0.6 is 0 Å². The molecule has 0 spiro atoms. The lowest BCUT2D eigenvalue weighted by Gasteiger charge is -2.24. The molecular weight excluding hydrogens is 177 g/mol. The molecule has 0 radical (unpaired) electrons. The molecule has 1 aliphatic carbocycles. The summed E-state index contributed by atoms with van der Waals surface area (Å²) in [7, 11) is 0. The lowest BCUT2D eigenvalue weighted by Crippen LogP contribution is -2.24. The largest absolute Gasteiger partial charge is 0.395 e. The molecule has 0 saturated carbocycles. The van der Waals surface area contributed by atoms with Crippen LogP contribution in [0.4, 0.5) is 13.2 Å². The highest BCUT2D eigenvalue weighted by atomic mass is 19.4. The summed E-state index contributed by atoms with van der Waals surface area (Å²) < 4.78 is 36.6. The number of rotatable bonds is 2. The van der Waals surface area contributed by atoms with Crippen LogP contribution in [0.3, 0.4) is 0 Å². The van der Waals surface area contributed by atoms with Crippen LogP contribution in [-0.2, 0) is 0 Å². The molecule has 1 rings (SSSR count). The summed E-state index contributed by atoms with van der Waals surface area (Å²) in [6, 6.07) is 0. The molecule has 0 aromatic rings. The molecule has 0 N–H and O–H groups in total. The first-order valence-electron chi connectivity index (χ1n) is 4.79. The maximum absolute atomic E-state index is 12.2. The second-order valence-corrected chi connectivity index (χ2v) is 3.66. The second kappa shape index (κ2) is 4.16. The van der Waals surface area contributed by atoms with Crippen molar-refractivity contribution in [1.29, 1.82) is 0 Å². The van der Waals surface area contributed by atoms with Gasteiger partial charge in [-0.05, 0) is 25.2 Å². The van der Waals surface area contributed by atoms with Crippen LogP contribution in [0.1, 0.15) is 32.6 Å². The monoisotopic (exact) mass is 192 g/mol. The van der Waals surface area contributed by atoms with Gasteiger partial charge in [0.05, 0.1) is 5.92 Å². The molecule has 0 saturated heterocycles. The molecule has 2 atom stereocenters. The molecular formula is C10H15F3. The summed E-state index contributed by atoms with van der Waals surface area (Å²) in [5.74, 6) is -0.816. The van der Waals surface area contributed by atoms with Crippen LogP contribution in [-0.4, -0.2) is 6.18 Å². The van der Waals surface area contributed by atoms with E-state index in [0.29, 0.717) is 12.3 Å². The molecule has 0 aromatic carbocycles. The standard InChI is InChI=1S/C10H15F3/c1-2-3-8-4-6-9(7-5-8)10(11,12)13/h4,6,8-9H,2-3,5,7H2,1H3. The zero-order valence-corrected chi connectivity index (χ0v) is 7.77. The van der Waals surface area contributed by atoms with E-state index in [4.69, 9.17) is 0 Å². The Hall–Kier alpha value is -0.470. The summed E-state index contributed by atoms with van der Waals surface area (Å²) >= 11 is 0. The van der Waals surface area contributed by atoms with E-state index in [9.17, 15) is 13.2 Å². The van der Waals surface area contributed by atoms with Crippen LogP contribution in [0.2, 0.25) is 0 Å². The minimum atomic E-state index is -4.03. The Balaban J connectivity index is 2.47. The summed E-state index contributed by atoms with van der Waals surface area (Å²) in [6.45, 7) is 2.06. The van der Waals surface area contributed by atoms with Gasteiger partial charge in [-0.25, -0.2) is 0 Å². The highest BCUT2D eigenvalue weighted by Gasteiger charge is 2.38. The molecule has 2 unspecified atom stereocenters. The lowest BCUT2D eigenvalue weighted by atomic mass is 9.86. The first kappa shape index (κ1) is 10.6. The smallest absolute Gasteiger partial charge is 0.170 e. The molecule has 0 amide bonds. The van der Waals surface area contributed by atoms with Crippen molar-refractivity contribution in [2.45, 2.75) is 38.8 Å². The fourth-order valence-corrected chi connectivity index (χ4v) is 1.76. The van der Waals surface area contributed by atoms with Crippen molar-refractivity contribution in [3.8, 4) is 0 Å². The maximum atomic E-state index is 12.2. The van der Waals surface area contributed by atoms with E-state index in [2.05, 4.69) is 6.92 Å². The van der Waals surface area contributed by atoms with Gasteiger partial charge in [-0.2, -0.15) is 13.2 Å². The third-order valence-electron chi connectivity index (χ3n) is 2.54. The van der Waals surface area contributed by atoms with Crippen molar-refractivity contribution in [1.82, 2.24) is 0 Å².